The van der Waals surface area contributed by atoms with E-state index in [0.717, 1.165) is 38.5 Å². The minimum Gasteiger partial charge on any atom is -0.369 e. The van der Waals surface area contributed by atoms with E-state index < -0.39 is 0 Å². The molecule has 1 heterocycles. The number of hydrogen-bond donors (Lipinski definition) is 1. The van der Waals surface area contributed by atoms with Gasteiger partial charge in [-0.3, -0.25) is 4.90 Å². The molecule has 0 atom stereocenters. The average molecular weight is 248 g/mol. The van der Waals surface area contributed by atoms with E-state index in [0.29, 0.717) is 0 Å². The van der Waals surface area contributed by atoms with Crippen molar-refractivity contribution in [2.75, 3.05) is 43.4 Å². The van der Waals surface area contributed by atoms with Crippen LogP contribution >= 0.6 is 12.6 Å². The summed E-state index contributed by atoms with van der Waals surface area (Å²) >= 11 is 4.25. The van der Waals surface area contributed by atoms with Gasteiger partial charge in [0, 0.05) is 44.2 Å². The molecule has 0 saturated carbocycles. The maximum absolute atomic E-state index is 4.25. The fraction of sp³-hybridized carbons (Fsp3) is 0.429. The SMILES string of the molecule is C=C(CS)CN1CCN(c2ccccc2)CC1. The highest BCUT2D eigenvalue weighted by Crippen LogP contribution is 2.15. The third kappa shape index (κ3) is 3.51. The smallest absolute Gasteiger partial charge is 0.0367 e. The number of rotatable bonds is 4. The fourth-order valence-electron chi connectivity index (χ4n) is 2.17. The number of para-hydroxylation sites is 1. The number of hydrogen-bond acceptors (Lipinski definition) is 3. The van der Waals surface area contributed by atoms with Crippen molar-refractivity contribution in [1.82, 2.24) is 4.90 Å². The second kappa shape index (κ2) is 6.12. The van der Waals surface area contributed by atoms with Crippen LogP contribution in [0.25, 0.3) is 0 Å². The van der Waals surface area contributed by atoms with Crippen molar-refractivity contribution in [2.24, 2.45) is 0 Å². The summed E-state index contributed by atoms with van der Waals surface area (Å²) in [6.07, 6.45) is 0. The molecule has 0 N–H and O–H groups in total. The van der Waals surface area contributed by atoms with Gasteiger partial charge in [0.2, 0.25) is 0 Å². The molecule has 0 unspecified atom stereocenters. The maximum Gasteiger partial charge on any atom is 0.0367 e. The Kier molecular flexibility index (Phi) is 4.51. The zero-order valence-corrected chi connectivity index (χ0v) is 11.1. The van der Waals surface area contributed by atoms with Crippen molar-refractivity contribution in [3.05, 3.63) is 42.5 Å². The predicted octanol–water partition coefficient (Wildman–Crippen LogP) is 2.29. The van der Waals surface area contributed by atoms with Crippen molar-refractivity contribution in [3.8, 4) is 0 Å². The molecule has 0 aromatic heterocycles. The first-order valence-corrected chi connectivity index (χ1v) is 6.72. The Morgan fingerprint density at radius 3 is 2.35 bits per heavy atom. The lowest BCUT2D eigenvalue weighted by atomic mass is 10.2. The van der Waals surface area contributed by atoms with Gasteiger partial charge in [0.15, 0.2) is 0 Å². The van der Waals surface area contributed by atoms with E-state index in [4.69, 9.17) is 0 Å². The van der Waals surface area contributed by atoms with E-state index in [-0.39, 0.29) is 0 Å². The average Bonchev–Trinajstić information content (AvgIpc) is 2.40. The van der Waals surface area contributed by atoms with Crippen LogP contribution < -0.4 is 4.90 Å². The first kappa shape index (κ1) is 12.5. The number of thiol groups is 1. The molecular weight excluding hydrogens is 228 g/mol. The molecule has 17 heavy (non-hydrogen) atoms. The second-order valence-electron chi connectivity index (χ2n) is 4.51. The van der Waals surface area contributed by atoms with Crippen LogP contribution in [0.5, 0.6) is 0 Å². The fourth-order valence-corrected chi connectivity index (χ4v) is 2.27. The molecule has 0 radical (unpaired) electrons. The Hall–Kier alpha value is -0.930. The summed E-state index contributed by atoms with van der Waals surface area (Å²) in [5.74, 6) is 0.791. The first-order chi connectivity index (χ1) is 8.29. The van der Waals surface area contributed by atoms with Gasteiger partial charge in [-0.1, -0.05) is 30.4 Å². The van der Waals surface area contributed by atoms with Crippen LogP contribution in [-0.2, 0) is 0 Å². The van der Waals surface area contributed by atoms with E-state index in [1.807, 2.05) is 0 Å². The Morgan fingerprint density at radius 1 is 1.12 bits per heavy atom. The van der Waals surface area contributed by atoms with Crippen LogP contribution in [0.3, 0.4) is 0 Å². The summed E-state index contributed by atoms with van der Waals surface area (Å²) in [6, 6.07) is 10.6. The van der Waals surface area contributed by atoms with Crippen LogP contribution in [0.15, 0.2) is 42.5 Å². The molecule has 2 rings (SSSR count). The molecule has 0 spiro atoms. The summed E-state index contributed by atoms with van der Waals surface area (Å²) in [5, 5.41) is 0. The van der Waals surface area contributed by atoms with Gasteiger partial charge in [0.25, 0.3) is 0 Å². The lowest BCUT2D eigenvalue weighted by molar-refractivity contribution is 0.279. The molecule has 2 nitrogen and oxygen atoms in total. The Labute approximate surface area is 109 Å². The van der Waals surface area contributed by atoms with E-state index in [9.17, 15) is 0 Å². The van der Waals surface area contributed by atoms with E-state index in [2.05, 4.69) is 59.3 Å². The number of nitrogens with zero attached hydrogens (tertiary/aromatic N) is 2. The molecule has 3 heteroatoms. The van der Waals surface area contributed by atoms with Gasteiger partial charge in [0.05, 0.1) is 0 Å². The number of piperazine rings is 1. The molecule has 1 aromatic carbocycles. The summed E-state index contributed by atoms with van der Waals surface area (Å²) in [4.78, 5) is 4.90. The molecule has 1 fully saturated rings. The highest BCUT2D eigenvalue weighted by Gasteiger charge is 2.16. The van der Waals surface area contributed by atoms with Crippen molar-refractivity contribution >= 4 is 18.3 Å². The Balaban J connectivity index is 1.84. The van der Waals surface area contributed by atoms with Gasteiger partial charge >= 0.3 is 0 Å². The minimum absolute atomic E-state index is 0.791. The maximum atomic E-state index is 4.25. The summed E-state index contributed by atoms with van der Waals surface area (Å²) < 4.78 is 0. The number of anilines is 1. The molecule has 0 bridgehead atoms. The standard InChI is InChI=1S/C14H20N2S/c1-13(12-17)11-15-7-9-16(10-8-15)14-5-3-2-4-6-14/h2-6,17H,1,7-12H2. The quantitative estimate of drug-likeness (QED) is 0.645. The van der Waals surface area contributed by atoms with Crippen molar-refractivity contribution in [2.45, 2.75) is 0 Å². The van der Waals surface area contributed by atoms with Crippen molar-refractivity contribution in [3.63, 3.8) is 0 Å². The van der Waals surface area contributed by atoms with Crippen LogP contribution in [0.2, 0.25) is 0 Å². The first-order valence-electron chi connectivity index (χ1n) is 6.09. The Morgan fingerprint density at radius 2 is 1.76 bits per heavy atom. The summed E-state index contributed by atoms with van der Waals surface area (Å²) in [5.41, 5.74) is 2.54. The highest BCUT2D eigenvalue weighted by molar-refractivity contribution is 7.80. The van der Waals surface area contributed by atoms with Gasteiger partial charge in [-0.2, -0.15) is 12.6 Å². The molecule has 92 valence electrons. The van der Waals surface area contributed by atoms with E-state index >= 15 is 0 Å². The topological polar surface area (TPSA) is 6.48 Å². The molecule has 0 amide bonds. The number of benzene rings is 1. The van der Waals surface area contributed by atoms with Crippen LogP contribution in [0.1, 0.15) is 0 Å². The van der Waals surface area contributed by atoms with Crippen LogP contribution in [-0.4, -0.2) is 43.4 Å². The van der Waals surface area contributed by atoms with Gasteiger partial charge < -0.3 is 4.90 Å². The summed E-state index contributed by atoms with van der Waals surface area (Å²) in [6.45, 7) is 9.43. The minimum atomic E-state index is 0.791. The van der Waals surface area contributed by atoms with Gasteiger partial charge in [-0.05, 0) is 12.1 Å². The van der Waals surface area contributed by atoms with Gasteiger partial charge in [-0.25, -0.2) is 0 Å². The zero-order chi connectivity index (χ0) is 12.1. The lowest BCUT2D eigenvalue weighted by Gasteiger charge is -2.36. The third-order valence-corrected chi connectivity index (χ3v) is 3.61. The Bertz CT molecular complexity index is 356. The summed E-state index contributed by atoms with van der Waals surface area (Å²) in [7, 11) is 0. The largest absolute Gasteiger partial charge is 0.369 e. The predicted molar refractivity (Wildman–Crippen MR) is 78.1 cm³/mol. The zero-order valence-electron chi connectivity index (χ0n) is 10.2. The van der Waals surface area contributed by atoms with Gasteiger partial charge in [0.1, 0.15) is 0 Å². The molecule has 1 aliphatic heterocycles. The second-order valence-corrected chi connectivity index (χ2v) is 4.82. The molecule has 0 aliphatic carbocycles. The molecule has 1 saturated heterocycles. The van der Waals surface area contributed by atoms with Gasteiger partial charge in [-0.15, -0.1) is 0 Å². The van der Waals surface area contributed by atoms with Crippen molar-refractivity contribution < 1.29 is 0 Å². The highest BCUT2D eigenvalue weighted by atomic mass is 32.1. The molecule has 1 aromatic rings. The van der Waals surface area contributed by atoms with Crippen LogP contribution in [0, 0.1) is 0 Å². The monoisotopic (exact) mass is 248 g/mol. The normalized spacial score (nSPS) is 17.1. The van der Waals surface area contributed by atoms with Crippen molar-refractivity contribution in [1.29, 1.82) is 0 Å². The van der Waals surface area contributed by atoms with E-state index in [1.165, 1.54) is 11.3 Å². The third-order valence-electron chi connectivity index (χ3n) is 3.16. The van der Waals surface area contributed by atoms with E-state index in [1.54, 1.807) is 0 Å². The molecule has 1 aliphatic rings. The van der Waals surface area contributed by atoms with Crippen LogP contribution in [0.4, 0.5) is 5.69 Å². The lowest BCUT2D eigenvalue weighted by Crippen LogP contribution is -2.46. The molecular formula is C14H20N2S.